The quantitative estimate of drug-likeness (QED) is 0.284. The summed E-state index contributed by atoms with van der Waals surface area (Å²) < 4.78 is 16.5. The first kappa shape index (κ1) is 22.0. The lowest BCUT2D eigenvalue weighted by Crippen LogP contribution is -1.90. The molecule has 0 aliphatic heterocycles. The summed E-state index contributed by atoms with van der Waals surface area (Å²) in [4.78, 5) is 9.34. The number of unbranched alkanes of at least 4 members (excludes halogenated alkanes) is 9. The number of hydrogen-bond donors (Lipinski definition) is 1. The summed E-state index contributed by atoms with van der Waals surface area (Å²) in [7, 11) is -3.51. The smallest absolute Gasteiger partial charge is 0.373 e. The summed E-state index contributed by atoms with van der Waals surface area (Å²) >= 11 is 0. The molecule has 0 heterocycles. The molecular weight excluding hydrogens is 355 g/mol. The van der Waals surface area contributed by atoms with Gasteiger partial charge in [-0.05, 0) is 41.3 Å². The fourth-order valence-corrected chi connectivity index (χ4v) is 4.00. The molecule has 150 valence electrons. The summed E-state index contributed by atoms with van der Waals surface area (Å²) in [6, 6.07) is 12.0. The van der Waals surface area contributed by atoms with Crippen LogP contribution in [0.25, 0.3) is 10.8 Å². The van der Waals surface area contributed by atoms with Crippen molar-refractivity contribution in [2.24, 2.45) is 0 Å². The van der Waals surface area contributed by atoms with E-state index in [-0.39, 0.29) is 0 Å². The zero-order valence-corrected chi connectivity index (χ0v) is 17.8. The minimum Gasteiger partial charge on any atom is -0.425 e. The van der Waals surface area contributed by atoms with E-state index in [0.29, 0.717) is 5.75 Å². The highest BCUT2D eigenvalue weighted by molar-refractivity contribution is 7.52. The summed E-state index contributed by atoms with van der Waals surface area (Å²) in [5, 5.41) is 2.18. The van der Waals surface area contributed by atoms with Gasteiger partial charge in [0.05, 0.1) is 0 Å². The van der Waals surface area contributed by atoms with Crippen LogP contribution in [0, 0.1) is 0 Å². The van der Waals surface area contributed by atoms with Crippen molar-refractivity contribution in [3.63, 3.8) is 0 Å². The molecule has 1 N–H and O–H groups in total. The van der Waals surface area contributed by atoms with Gasteiger partial charge in [-0.25, -0.2) is 4.57 Å². The first-order valence-electron chi connectivity index (χ1n) is 10.5. The molecule has 3 nitrogen and oxygen atoms in total. The van der Waals surface area contributed by atoms with Crippen LogP contribution in [0.3, 0.4) is 0 Å². The Balaban J connectivity index is 1.70. The van der Waals surface area contributed by atoms with Gasteiger partial charge >= 0.3 is 7.60 Å². The third kappa shape index (κ3) is 8.95. The standard InChI is InChI=1S/C23H35O3P/c1-3-4-5-6-7-8-9-10-11-12-13-20-14-15-22-19-23(26-27(2,24)25)17-16-21(22)18-20/h14-19H,3-13H2,1-2H3,(H,24,25). The maximum Gasteiger partial charge on any atom is 0.373 e. The van der Waals surface area contributed by atoms with Crippen molar-refractivity contribution < 1.29 is 14.0 Å². The average molecular weight is 391 g/mol. The SMILES string of the molecule is CCCCCCCCCCCCc1ccc2cc(OP(C)(=O)O)ccc2c1. The molecule has 0 spiro atoms. The number of benzene rings is 2. The van der Waals surface area contributed by atoms with Crippen LogP contribution in [-0.4, -0.2) is 11.6 Å². The van der Waals surface area contributed by atoms with Crippen LogP contribution in [0.1, 0.15) is 76.7 Å². The van der Waals surface area contributed by atoms with Crippen LogP contribution in [0.5, 0.6) is 5.75 Å². The maximum atomic E-state index is 11.4. The van der Waals surface area contributed by atoms with Crippen LogP contribution in [0.2, 0.25) is 0 Å². The predicted molar refractivity (Wildman–Crippen MR) is 116 cm³/mol. The Bertz CT molecular complexity index is 735. The van der Waals surface area contributed by atoms with E-state index in [9.17, 15) is 9.46 Å². The topological polar surface area (TPSA) is 46.5 Å². The third-order valence-electron chi connectivity index (χ3n) is 4.97. The van der Waals surface area contributed by atoms with E-state index in [4.69, 9.17) is 4.52 Å². The van der Waals surface area contributed by atoms with E-state index in [0.717, 1.165) is 17.2 Å². The lowest BCUT2D eigenvalue weighted by atomic mass is 10.0. The molecule has 4 heteroatoms. The number of hydrogen-bond acceptors (Lipinski definition) is 2. The second kappa shape index (κ2) is 11.5. The Morgan fingerprint density at radius 1 is 0.815 bits per heavy atom. The van der Waals surface area contributed by atoms with E-state index in [2.05, 4.69) is 25.1 Å². The van der Waals surface area contributed by atoms with Gasteiger partial charge in [0.15, 0.2) is 0 Å². The lowest BCUT2D eigenvalue weighted by Gasteiger charge is -2.10. The fraction of sp³-hybridized carbons (Fsp3) is 0.565. The highest BCUT2D eigenvalue weighted by Gasteiger charge is 2.11. The third-order valence-corrected chi connectivity index (χ3v) is 5.52. The van der Waals surface area contributed by atoms with Crippen molar-refractivity contribution in [1.82, 2.24) is 0 Å². The van der Waals surface area contributed by atoms with Gasteiger partial charge in [0.25, 0.3) is 0 Å². The molecule has 0 aliphatic rings. The van der Waals surface area contributed by atoms with Crippen LogP contribution >= 0.6 is 7.60 Å². The number of aryl methyl sites for hydroxylation is 1. The molecule has 0 saturated heterocycles. The van der Waals surface area contributed by atoms with Gasteiger partial charge in [0.1, 0.15) is 5.75 Å². The van der Waals surface area contributed by atoms with Crippen molar-refractivity contribution in [2.75, 3.05) is 6.66 Å². The van der Waals surface area contributed by atoms with Crippen molar-refractivity contribution in [1.29, 1.82) is 0 Å². The van der Waals surface area contributed by atoms with Crippen molar-refractivity contribution in [3.8, 4) is 5.75 Å². The van der Waals surface area contributed by atoms with Crippen LogP contribution in [0.4, 0.5) is 0 Å². The molecule has 1 unspecified atom stereocenters. The summed E-state index contributed by atoms with van der Waals surface area (Å²) in [6.45, 7) is 3.47. The molecule has 0 amide bonds. The van der Waals surface area contributed by atoms with Crippen LogP contribution in [-0.2, 0) is 11.0 Å². The fourth-order valence-electron chi connectivity index (χ4n) is 3.50. The van der Waals surface area contributed by atoms with Gasteiger partial charge in [-0.1, -0.05) is 89.0 Å². The van der Waals surface area contributed by atoms with E-state index >= 15 is 0 Å². The minimum atomic E-state index is -3.51. The van der Waals surface area contributed by atoms with E-state index < -0.39 is 7.60 Å². The molecule has 0 aliphatic carbocycles. The number of fused-ring (bicyclic) bond motifs is 1. The Labute approximate surface area is 164 Å². The van der Waals surface area contributed by atoms with Gasteiger partial charge in [-0.15, -0.1) is 0 Å². The van der Waals surface area contributed by atoms with Crippen molar-refractivity contribution >= 4 is 18.4 Å². The normalized spacial score (nSPS) is 13.6. The van der Waals surface area contributed by atoms with Crippen molar-refractivity contribution in [2.45, 2.75) is 77.6 Å². The first-order chi connectivity index (χ1) is 13.0. The highest BCUT2D eigenvalue weighted by atomic mass is 31.2. The van der Waals surface area contributed by atoms with E-state index in [1.165, 1.54) is 76.4 Å². The first-order valence-corrected chi connectivity index (χ1v) is 12.5. The van der Waals surface area contributed by atoms with E-state index in [1.54, 1.807) is 6.07 Å². The monoisotopic (exact) mass is 390 g/mol. The Kier molecular flexibility index (Phi) is 9.38. The second-order valence-electron chi connectivity index (χ2n) is 7.67. The highest BCUT2D eigenvalue weighted by Crippen LogP contribution is 2.39. The molecule has 0 radical (unpaired) electrons. The lowest BCUT2D eigenvalue weighted by molar-refractivity contribution is 0.388. The number of rotatable bonds is 13. The Hall–Kier alpha value is -1.31. The van der Waals surface area contributed by atoms with Gasteiger partial charge in [-0.2, -0.15) is 0 Å². The van der Waals surface area contributed by atoms with Gasteiger partial charge in [-0.3, -0.25) is 0 Å². The molecule has 2 aromatic rings. The molecule has 0 saturated carbocycles. The zero-order valence-electron chi connectivity index (χ0n) is 17.0. The molecule has 2 aromatic carbocycles. The summed E-state index contributed by atoms with van der Waals surface area (Å²) in [5.74, 6) is 0.443. The van der Waals surface area contributed by atoms with Gasteiger partial charge in [0, 0.05) is 6.66 Å². The largest absolute Gasteiger partial charge is 0.425 e. The molecule has 27 heavy (non-hydrogen) atoms. The van der Waals surface area contributed by atoms with E-state index in [1.807, 2.05) is 12.1 Å². The second-order valence-corrected chi connectivity index (χ2v) is 9.46. The zero-order chi connectivity index (χ0) is 19.5. The molecule has 0 aromatic heterocycles. The van der Waals surface area contributed by atoms with Crippen LogP contribution in [0.15, 0.2) is 36.4 Å². The predicted octanol–water partition coefficient (Wildman–Crippen LogP) is 7.50. The minimum absolute atomic E-state index is 0.443. The summed E-state index contributed by atoms with van der Waals surface area (Å²) in [6.07, 6.45) is 14.7. The molecule has 2 rings (SSSR count). The van der Waals surface area contributed by atoms with Gasteiger partial charge in [0.2, 0.25) is 0 Å². The molecular formula is C23H35O3P. The maximum absolute atomic E-state index is 11.4. The molecule has 1 atom stereocenters. The average Bonchev–Trinajstić information content (AvgIpc) is 2.62. The molecule has 0 fully saturated rings. The Morgan fingerprint density at radius 3 is 2.00 bits per heavy atom. The summed E-state index contributed by atoms with van der Waals surface area (Å²) in [5.41, 5.74) is 1.36. The molecule has 0 bridgehead atoms. The van der Waals surface area contributed by atoms with Gasteiger partial charge < -0.3 is 9.42 Å². The Morgan fingerprint density at radius 2 is 1.37 bits per heavy atom. The van der Waals surface area contributed by atoms with Crippen LogP contribution < -0.4 is 4.52 Å². The van der Waals surface area contributed by atoms with Crippen molar-refractivity contribution in [3.05, 3.63) is 42.0 Å².